The van der Waals surface area contributed by atoms with Crippen molar-refractivity contribution in [2.45, 2.75) is 46.9 Å². The molecule has 10 aliphatic rings. The molecule has 0 nitrogen and oxygen atoms in total. The van der Waals surface area contributed by atoms with Crippen LogP contribution in [0.3, 0.4) is 0 Å². The second-order valence-electron chi connectivity index (χ2n) is 16.1. The molecular weight excluding hydrogens is 538 g/mol. The number of benzene rings is 4. The Labute approximate surface area is 217 Å². The second kappa shape index (κ2) is 2.96. The molecule has 38 heavy (non-hydrogen) atoms. The fourth-order valence-corrected chi connectivity index (χ4v) is 118. The van der Waals surface area contributed by atoms with E-state index in [0.717, 1.165) is 8.37 Å². The van der Waals surface area contributed by atoms with Gasteiger partial charge < -0.3 is 0 Å². The molecule has 3 heteroatoms. The van der Waals surface area contributed by atoms with E-state index in [1.54, 1.807) is 27.4 Å². The molecule has 0 bridgehead atoms. The molecular formula is C35H30FeP2. The molecule has 10 fully saturated rings. The van der Waals surface area contributed by atoms with Gasteiger partial charge in [-0.15, -0.1) is 0 Å². The van der Waals surface area contributed by atoms with Crippen LogP contribution in [0.5, 0.6) is 0 Å². The van der Waals surface area contributed by atoms with Crippen molar-refractivity contribution in [1.29, 1.82) is 0 Å². The summed E-state index contributed by atoms with van der Waals surface area (Å²) < 4.78 is 1.59. The van der Waals surface area contributed by atoms with Gasteiger partial charge in [0, 0.05) is 0 Å². The van der Waals surface area contributed by atoms with Gasteiger partial charge in [-0.3, -0.25) is 0 Å². The summed E-state index contributed by atoms with van der Waals surface area (Å²) in [4.78, 5) is 10.5. The van der Waals surface area contributed by atoms with Crippen LogP contribution in [0, 0.1) is 0 Å². The molecule has 4 aromatic rings. The zero-order chi connectivity index (χ0) is 24.2. The maximum atomic E-state index is 2.55. The molecule has 0 N–H and O–H groups in total. The van der Waals surface area contributed by atoms with Crippen LogP contribution >= 0.6 is 15.8 Å². The molecule has 4 aromatic carbocycles. The fraction of sp³-hybridized carbons (Fsp3) is 0.314. The third kappa shape index (κ3) is 0.469. The molecule has 10 saturated heterocycles. The first-order chi connectivity index (χ1) is 18.6. The average Bonchev–Trinajstić information content (AvgIpc) is 3.94. The van der Waals surface area contributed by atoms with Crippen molar-refractivity contribution in [3.63, 3.8) is 0 Å². The van der Waals surface area contributed by atoms with Gasteiger partial charge in [0.25, 0.3) is 0 Å². The molecule has 0 aromatic heterocycles. The summed E-state index contributed by atoms with van der Waals surface area (Å²) in [5, 5.41) is 6.74. The van der Waals surface area contributed by atoms with Crippen LogP contribution in [0.15, 0.2) is 121 Å². The summed E-state index contributed by atoms with van der Waals surface area (Å²) in [6, 6.07) is 47.7. The Morgan fingerprint density at radius 3 is 1.24 bits per heavy atom. The summed E-state index contributed by atoms with van der Waals surface area (Å²) in [5.41, 5.74) is 0. The quantitative estimate of drug-likeness (QED) is 0.157. The molecule has 0 radical (unpaired) electrons. The topological polar surface area (TPSA) is 0 Å². The summed E-state index contributed by atoms with van der Waals surface area (Å²) >= 11 is 0. The Bertz CT molecular complexity index is 2050. The summed E-state index contributed by atoms with van der Waals surface area (Å²) in [7, 11) is -0.581. The van der Waals surface area contributed by atoms with E-state index in [2.05, 4.69) is 121 Å². The van der Waals surface area contributed by atoms with Gasteiger partial charge in [0.15, 0.2) is 0 Å². The van der Waals surface area contributed by atoms with E-state index in [4.69, 9.17) is 0 Å². The van der Waals surface area contributed by atoms with Gasteiger partial charge in [-0.1, -0.05) is 0 Å². The van der Waals surface area contributed by atoms with Crippen LogP contribution in [-0.4, -0.2) is 10.2 Å². The minimum absolute atomic E-state index is 0.275. The van der Waals surface area contributed by atoms with Crippen molar-refractivity contribution >= 4 is 37.1 Å². The Morgan fingerprint density at radius 1 is 0.474 bits per heavy atom. The van der Waals surface area contributed by atoms with Gasteiger partial charge in [-0.2, -0.15) is 0 Å². The Morgan fingerprint density at radius 2 is 0.868 bits per heavy atom. The van der Waals surface area contributed by atoms with Crippen molar-refractivity contribution < 1.29 is 6.51 Å². The van der Waals surface area contributed by atoms with E-state index in [1.807, 2.05) is 0 Å². The van der Waals surface area contributed by atoms with E-state index in [1.165, 1.54) is 38.5 Å². The van der Waals surface area contributed by atoms with Crippen LogP contribution in [0.1, 0.15) is 0 Å². The molecule has 14 rings (SSSR count). The predicted molar refractivity (Wildman–Crippen MR) is 158 cm³/mol. The molecule has 0 amide bonds. The summed E-state index contributed by atoms with van der Waals surface area (Å²) in [6.07, 6.45) is 1.55. The molecule has 0 saturated carbocycles. The average molecular weight is 568 g/mol. The molecule has 0 aliphatic carbocycles. The monoisotopic (exact) mass is 568 g/mol. The van der Waals surface area contributed by atoms with E-state index in [0.29, 0.717) is 0 Å². The van der Waals surface area contributed by atoms with Gasteiger partial charge in [0.1, 0.15) is 0 Å². The summed E-state index contributed by atoms with van der Waals surface area (Å²) in [6.45, 7) is -3.70. The van der Waals surface area contributed by atoms with E-state index in [9.17, 15) is 0 Å². The van der Waals surface area contributed by atoms with Gasteiger partial charge in [0.05, 0.1) is 0 Å². The van der Waals surface area contributed by atoms with Crippen LogP contribution in [0.4, 0.5) is 0 Å². The fourth-order valence-electron chi connectivity index (χ4n) is 21.4. The van der Waals surface area contributed by atoms with E-state index in [-0.39, 0.29) is 15.8 Å². The number of rotatable bonds is 7. The first-order valence-corrected chi connectivity index (χ1v) is 23.7. The van der Waals surface area contributed by atoms with Crippen molar-refractivity contribution in [2.24, 2.45) is 0 Å². The first kappa shape index (κ1) is 18.6. The van der Waals surface area contributed by atoms with Gasteiger partial charge in [0.2, 0.25) is 0 Å². The predicted octanol–water partition coefficient (Wildman–Crippen LogP) is 7.92. The Kier molecular flexibility index (Phi) is 1.45. The zero-order valence-electron chi connectivity index (χ0n) is 21.1. The number of hydrogen-bond donors (Lipinski definition) is 0. The third-order valence-electron chi connectivity index (χ3n) is 20.0. The zero-order valence-corrected chi connectivity index (χ0v) is 24.0. The number of hydrogen-bond acceptors (Lipinski definition) is 0. The van der Waals surface area contributed by atoms with Gasteiger partial charge >= 0.3 is 218 Å². The Hall–Kier alpha value is -1.74. The first-order valence-electron chi connectivity index (χ1n) is 14.6. The third-order valence-corrected chi connectivity index (χ3v) is 73.3. The standard InChI is InChI=1S/C30H25P2.C5H5.Fe/c1-5-15-26(16-6-1)31(27-17-7-2-8-18-27)24-25-14-13-23-30(25)32(28-19-9-3-10-20-28)29-21-11-4-12-22-29;1-2-4-5-3-1;/h1-23H,24H2;1-5H;. The van der Waals surface area contributed by atoms with Gasteiger partial charge in [-0.05, 0) is 0 Å². The molecule has 10 aliphatic heterocycles. The number of fused-ring (bicyclic) bond motifs is 10. The van der Waals surface area contributed by atoms with Crippen LogP contribution in [0.25, 0.3) is 0 Å². The van der Waals surface area contributed by atoms with E-state index >= 15 is 0 Å². The second-order valence-corrected chi connectivity index (χ2v) is 44.5. The molecule has 188 valence electrons. The van der Waals surface area contributed by atoms with Crippen molar-refractivity contribution in [2.75, 3.05) is 6.16 Å². The SMILES string of the molecule is c1ccc(P(C[C@@]23[CH]4[CH]5[CH]6[C]2(P(c2ccccc2)c2ccccc2)[Fe]56432789[CH]3[CH]2[CH]7[CH]8[CH]39)c2ccccc2)cc1. The van der Waals surface area contributed by atoms with Crippen molar-refractivity contribution in [3.8, 4) is 0 Å². The van der Waals surface area contributed by atoms with Crippen molar-refractivity contribution in [1.82, 2.24) is 0 Å². The van der Waals surface area contributed by atoms with Crippen LogP contribution in [0.2, 0.25) is 42.8 Å². The van der Waals surface area contributed by atoms with Crippen LogP contribution in [-0.2, 0) is 6.51 Å². The van der Waals surface area contributed by atoms with Crippen molar-refractivity contribution in [3.05, 3.63) is 121 Å². The van der Waals surface area contributed by atoms with Crippen LogP contribution < -0.4 is 21.2 Å². The minimum atomic E-state index is -3.70. The molecule has 4 unspecified atom stereocenters. The maximum absolute atomic E-state index is 3.70. The van der Waals surface area contributed by atoms with E-state index < -0.39 is 6.51 Å². The molecule has 10 heterocycles. The summed E-state index contributed by atoms with van der Waals surface area (Å²) in [5.74, 6) is 0. The normalized spacial score (nSPS) is 61.7. The van der Waals surface area contributed by atoms with Gasteiger partial charge in [-0.25, -0.2) is 0 Å². The molecule has 1 spiro atoms. The molecule has 5 atom stereocenters. The Balaban J connectivity index is 1.08.